The Bertz CT molecular complexity index is 1130. The molecule has 9 heteroatoms. The highest BCUT2D eigenvalue weighted by Gasteiger charge is 2.21. The van der Waals surface area contributed by atoms with Crippen LogP contribution in [-0.4, -0.2) is 36.1 Å². The maximum Gasteiger partial charge on any atom is 0.344 e. The summed E-state index contributed by atoms with van der Waals surface area (Å²) in [5, 5.41) is 14.3. The molecule has 1 amide bonds. The Morgan fingerprint density at radius 2 is 1.53 bits per heavy atom. The molecule has 34 heavy (non-hydrogen) atoms. The van der Waals surface area contributed by atoms with Crippen molar-refractivity contribution >= 4 is 34.6 Å². The van der Waals surface area contributed by atoms with Gasteiger partial charge < -0.3 is 19.7 Å². The van der Waals surface area contributed by atoms with Gasteiger partial charge >= 0.3 is 11.7 Å². The molecule has 0 aliphatic carbocycles. The van der Waals surface area contributed by atoms with Crippen LogP contribution in [0.15, 0.2) is 78.9 Å². The highest BCUT2D eigenvalue weighted by Crippen LogP contribution is 2.26. The predicted molar refractivity (Wildman–Crippen MR) is 128 cm³/mol. The Kier molecular flexibility index (Phi) is 8.17. The number of carbonyl (C=O) groups is 2. The Labute approximate surface area is 197 Å². The fourth-order valence-electron chi connectivity index (χ4n) is 3.24. The second-order valence-corrected chi connectivity index (χ2v) is 7.57. The van der Waals surface area contributed by atoms with E-state index in [1.165, 1.54) is 23.1 Å². The summed E-state index contributed by atoms with van der Waals surface area (Å²) < 4.78 is 10.2. The van der Waals surface area contributed by atoms with Gasteiger partial charge in [0.2, 0.25) is 0 Å². The Hall–Kier alpha value is -4.40. The third kappa shape index (κ3) is 6.55. The van der Waals surface area contributed by atoms with Crippen LogP contribution in [0.4, 0.5) is 22.7 Å². The molecule has 1 N–H and O–H groups in total. The predicted octanol–water partition coefficient (Wildman–Crippen LogP) is 4.70. The molecule has 0 unspecified atom stereocenters. The van der Waals surface area contributed by atoms with E-state index in [-0.39, 0.29) is 17.5 Å². The van der Waals surface area contributed by atoms with Crippen LogP contribution in [0.1, 0.15) is 13.8 Å². The van der Waals surface area contributed by atoms with Crippen LogP contribution in [0, 0.1) is 10.1 Å². The van der Waals surface area contributed by atoms with Gasteiger partial charge in [-0.3, -0.25) is 14.9 Å². The van der Waals surface area contributed by atoms with Crippen molar-refractivity contribution < 1.29 is 24.0 Å². The van der Waals surface area contributed by atoms with E-state index in [1.807, 2.05) is 68.4 Å². The van der Waals surface area contributed by atoms with Gasteiger partial charge in [-0.25, -0.2) is 4.79 Å². The van der Waals surface area contributed by atoms with Gasteiger partial charge in [0.15, 0.2) is 19.0 Å². The molecule has 0 atom stereocenters. The second kappa shape index (κ2) is 11.5. The van der Waals surface area contributed by atoms with Crippen molar-refractivity contribution in [2.45, 2.75) is 19.9 Å². The minimum atomic E-state index is -0.808. The fourth-order valence-corrected chi connectivity index (χ4v) is 3.24. The van der Waals surface area contributed by atoms with Crippen LogP contribution in [0.5, 0.6) is 5.75 Å². The zero-order valence-corrected chi connectivity index (χ0v) is 18.8. The van der Waals surface area contributed by atoms with E-state index in [9.17, 15) is 19.7 Å². The number of amides is 1. The van der Waals surface area contributed by atoms with Crippen molar-refractivity contribution in [2.75, 3.05) is 23.4 Å². The molecule has 176 valence electrons. The quantitative estimate of drug-likeness (QED) is 0.263. The Balaban J connectivity index is 1.56. The third-order valence-corrected chi connectivity index (χ3v) is 4.76. The molecule has 0 heterocycles. The molecule has 9 nitrogen and oxygen atoms in total. The summed E-state index contributed by atoms with van der Waals surface area (Å²) in [6.45, 7) is 2.67. The zero-order chi connectivity index (χ0) is 24.5. The summed E-state index contributed by atoms with van der Waals surface area (Å²) in [4.78, 5) is 36.8. The topological polar surface area (TPSA) is 111 Å². The first-order chi connectivity index (χ1) is 16.3. The molecular formula is C25H25N3O6. The van der Waals surface area contributed by atoms with Crippen molar-refractivity contribution in [3.05, 3.63) is 89.0 Å². The Morgan fingerprint density at radius 1 is 0.912 bits per heavy atom. The van der Waals surface area contributed by atoms with E-state index in [1.54, 1.807) is 6.07 Å². The lowest BCUT2D eigenvalue weighted by atomic mass is 10.2. The van der Waals surface area contributed by atoms with Gasteiger partial charge in [-0.15, -0.1) is 0 Å². The number of anilines is 3. The van der Waals surface area contributed by atoms with Crippen LogP contribution < -0.4 is 15.0 Å². The van der Waals surface area contributed by atoms with Crippen LogP contribution in [0.2, 0.25) is 0 Å². The zero-order valence-electron chi connectivity index (χ0n) is 18.8. The highest BCUT2D eigenvalue weighted by atomic mass is 16.6. The summed E-state index contributed by atoms with van der Waals surface area (Å²) >= 11 is 0. The molecule has 3 rings (SSSR count). The average molecular weight is 463 g/mol. The summed E-state index contributed by atoms with van der Waals surface area (Å²) in [5.74, 6) is -1.26. The number of hydrogen-bond donors (Lipinski definition) is 1. The molecule has 0 aliphatic rings. The summed E-state index contributed by atoms with van der Waals surface area (Å²) in [5.41, 5.74) is 2.21. The first-order valence-electron chi connectivity index (χ1n) is 10.6. The maximum atomic E-state index is 12.8. The van der Waals surface area contributed by atoms with E-state index in [0.717, 1.165) is 11.4 Å². The normalized spacial score (nSPS) is 10.4. The number of ether oxygens (including phenoxy) is 2. The van der Waals surface area contributed by atoms with Crippen LogP contribution in [0.3, 0.4) is 0 Å². The van der Waals surface area contributed by atoms with Gasteiger partial charge in [0.25, 0.3) is 5.91 Å². The van der Waals surface area contributed by atoms with Gasteiger partial charge in [-0.1, -0.05) is 30.3 Å². The number of nitrogens with zero attached hydrogens (tertiary/aromatic N) is 2. The summed E-state index contributed by atoms with van der Waals surface area (Å²) in [6, 6.07) is 22.6. The van der Waals surface area contributed by atoms with Gasteiger partial charge in [0, 0.05) is 29.2 Å². The minimum Gasteiger partial charge on any atom is -0.475 e. The number of esters is 1. The summed E-state index contributed by atoms with van der Waals surface area (Å²) in [6.07, 6.45) is 0. The lowest BCUT2D eigenvalue weighted by Gasteiger charge is -2.27. The van der Waals surface area contributed by atoms with Crippen LogP contribution in [0.25, 0.3) is 0 Å². The Morgan fingerprint density at radius 3 is 2.18 bits per heavy atom. The fraction of sp³-hybridized carbons (Fsp3) is 0.200. The summed E-state index contributed by atoms with van der Waals surface area (Å²) in [7, 11) is 0. The number of nitro benzene ring substituents is 1. The van der Waals surface area contributed by atoms with Crippen molar-refractivity contribution in [3.8, 4) is 5.75 Å². The molecule has 0 aromatic heterocycles. The molecule has 0 aliphatic heterocycles. The first kappa shape index (κ1) is 24.2. The molecule has 0 fully saturated rings. The molecule has 0 radical (unpaired) electrons. The van der Waals surface area contributed by atoms with Crippen molar-refractivity contribution in [2.24, 2.45) is 0 Å². The minimum absolute atomic E-state index is 0.0521. The largest absolute Gasteiger partial charge is 0.475 e. The van der Waals surface area contributed by atoms with E-state index in [0.29, 0.717) is 5.69 Å². The van der Waals surface area contributed by atoms with Crippen LogP contribution in [-0.2, 0) is 14.3 Å². The van der Waals surface area contributed by atoms with Gasteiger partial charge in [-0.2, -0.15) is 0 Å². The molecule has 0 bridgehead atoms. The highest BCUT2D eigenvalue weighted by molar-refractivity contribution is 5.96. The van der Waals surface area contributed by atoms with E-state index >= 15 is 0 Å². The number of nitro groups is 1. The molecule has 0 spiro atoms. The van der Waals surface area contributed by atoms with Crippen LogP contribution >= 0.6 is 0 Å². The average Bonchev–Trinajstić information content (AvgIpc) is 2.83. The smallest absolute Gasteiger partial charge is 0.344 e. The van der Waals surface area contributed by atoms with E-state index < -0.39 is 30.0 Å². The number of nitrogens with one attached hydrogen (secondary N) is 1. The number of rotatable bonds is 10. The SMILES string of the molecule is CC(C)N(C(=O)COC(=O)COc1ccccc1[N+](=O)[O-])c1ccc(Nc2ccccc2)cc1. The maximum absolute atomic E-state index is 12.8. The number of carbonyl (C=O) groups excluding carboxylic acids is 2. The second-order valence-electron chi connectivity index (χ2n) is 7.57. The monoisotopic (exact) mass is 463 g/mol. The van der Waals surface area contributed by atoms with Gasteiger partial charge in [0.1, 0.15) is 0 Å². The molecule has 0 saturated heterocycles. The molecular weight excluding hydrogens is 438 g/mol. The van der Waals surface area contributed by atoms with Gasteiger partial charge in [-0.05, 0) is 56.3 Å². The first-order valence-corrected chi connectivity index (χ1v) is 10.6. The van der Waals surface area contributed by atoms with Gasteiger partial charge in [0.05, 0.1) is 4.92 Å². The third-order valence-electron chi connectivity index (χ3n) is 4.76. The molecule has 0 saturated carbocycles. The lowest BCUT2D eigenvalue weighted by Crippen LogP contribution is -2.40. The number of hydrogen-bond acceptors (Lipinski definition) is 7. The lowest BCUT2D eigenvalue weighted by molar-refractivity contribution is -0.385. The number of benzene rings is 3. The standard InChI is InChI=1S/C25H25N3O6/c1-18(2)27(21-14-12-20(13-15-21)26-19-8-4-3-5-9-19)24(29)16-34-25(30)17-33-23-11-7-6-10-22(23)28(31)32/h3-15,18,26H,16-17H2,1-2H3. The number of para-hydroxylation sites is 3. The van der Waals surface area contributed by atoms with Crippen molar-refractivity contribution in [1.82, 2.24) is 0 Å². The molecule has 3 aromatic rings. The van der Waals surface area contributed by atoms with Crippen molar-refractivity contribution in [1.29, 1.82) is 0 Å². The van der Waals surface area contributed by atoms with E-state index in [2.05, 4.69) is 5.32 Å². The molecule has 3 aromatic carbocycles. The van der Waals surface area contributed by atoms with Crippen molar-refractivity contribution in [3.63, 3.8) is 0 Å². The van der Waals surface area contributed by atoms with E-state index in [4.69, 9.17) is 9.47 Å².